The first-order chi connectivity index (χ1) is 10.2. The largest absolute Gasteiger partial charge is 0.507 e. The van der Waals surface area contributed by atoms with Gasteiger partial charge < -0.3 is 9.84 Å². The van der Waals surface area contributed by atoms with Crippen molar-refractivity contribution in [1.82, 2.24) is 0 Å². The summed E-state index contributed by atoms with van der Waals surface area (Å²) in [5.41, 5.74) is 3.14. The molecule has 21 heavy (non-hydrogen) atoms. The minimum Gasteiger partial charge on any atom is -0.507 e. The number of allylic oxidation sites excluding steroid dienone is 1. The van der Waals surface area contributed by atoms with Crippen LogP contribution in [0.1, 0.15) is 27.0 Å². The van der Waals surface area contributed by atoms with E-state index in [0.29, 0.717) is 17.7 Å². The Hall–Kier alpha value is -2.55. The normalized spacial score (nSPS) is 13.5. The first-order valence-corrected chi connectivity index (χ1v) is 6.90. The minimum atomic E-state index is -0.157. The van der Waals surface area contributed by atoms with Crippen LogP contribution in [0.25, 0.3) is 6.08 Å². The van der Waals surface area contributed by atoms with Crippen LogP contribution in [-0.2, 0) is 6.42 Å². The summed E-state index contributed by atoms with van der Waals surface area (Å²) in [6, 6.07) is 11.8. The van der Waals surface area contributed by atoms with E-state index in [4.69, 9.17) is 4.74 Å². The Kier molecular flexibility index (Phi) is 3.48. The highest BCUT2D eigenvalue weighted by Crippen LogP contribution is 2.38. The number of aryl methyl sites for hydroxylation is 1. The van der Waals surface area contributed by atoms with Gasteiger partial charge in [0.2, 0.25) is 5.78 Å². The van der Waals surface area contributed by atoms with Gasteiger partial charge in [0.1, 0.15) is 17.1 Å². The first-order valence-electron chi connectivity index (χ1n) is 6.90. The van der Waals surface area contributed by atoms with Crippen molar-refractivity contribution in [1.29, 1.82) is 0 Å². The Morgan fingerprint density at radius 1 is 1.29 bits per heavy atom. The molecule has 0 fully saturated rings. The van der Waals surface area contributed by atoms with E-state index in [1.807, 2.05) is 55.5 Å². The van der Waals surface area contributed by atoms with Crippen LogP contribution in [0.15, 0.2) is 42.5 Å². The molecule has 0 saturated heterocycles. The van der Waals surface area contributed by atoms with Gasteiger partial charge in [-0.2, -0.15) is 0 Å². The average molecular weight is 280 g/mol. The second-order valence-corrected chi connectivity index (χ2v) is 5.12. The lowest BCUT2D eigenvalue weighted by Gasteiger charge is -2.09. The van der Waals surface area contributed by atoms with Crippen molar-refractivity contribution >= 4 is 11.9 Å². The van der Waals surface area contributed by atoms with Crippen LogP contribution in [0, 0.1) is 6.92 Å². The van der Waals surface area contributed by atoms with Crippen LogP contribution in [-0.4, -0.2) is 17.5 Å². The number of phenolic OH excluding ortho intramolecular Hbond substituents is 1. The van der Waals surface area contributed by atoms with E-state index >= 15 is 0 Å². The SMILES string of the molecule is Cc1cc2c(c(O)c1C/C=C/c1ccccc1)C(=O)CO2. The molecule has 1 aliphatic heterocycles. The van der Waals surface area contributed by atoms with E-state index in [-0.39, 0.29) is 18.1 Å². The molecular weight excluding hydrogens is 264 g/mol. The van der Waals surface area contributed by atoms with Crippen molar-refractivity contribution in [2.24, 2.45) is 0 Å². The molecule has 3 nitrogen and oxygen atoms in total. The maximum Gasteiger partial charge on any atom is 0.207 e. The fourth-order valence-corrected chi connectivity index (χ4v) is 2.54. The average Bonchev–Trinajstić information content (AvgIpc) is 2.85. The van der Waals surface area contributed by atoms with E-state index in [0.717, 1.165) is 16.7 Å². The number of rotatable bonds is 3. The highest BCUT2D eigenvalue weighted by atomic mass is 16.5. The summed E-state index contributed by atoms with van der Waals surface area (Å²) in [5.74, 6) is 0.395. The van der Waals surface area contributed by atoms with Gasteiger partial charge in [-0.1, -0.05) is 42.5 Å². The van der Waals surface area contributed by atoms with Gasteiger partial charge in [-0.3, -0.25) is 4.79 Å². The number of fused-ring (bicyclic) bond motifs is 1. The molecule has 1 aliphatic rings. The Morgan fingerprint density at radius 2 is 2.05 bits per heavy atom. The molecular formula is C18H16O3. The van der Waals surface area contributed by atoms with Gasteiger partial charge in [-0.05, 0) is 30.5 Å². The van der Waals surface area contributed by atoms with Gasteiger partial charge >= 0.3 is 0 Å². The summed E-state index contributed by atoms with van der Waals surface area (Å²) in [7, 11) is 0. The predicted molar refractivity (Wildman–Crippen MR) is 81.8 cm³/mol. The highest BCUT2D eigenvalue weighted by molar-refractivity contribution is 6.05. The topological polar surface area (TPSA) is 46.5 Å². The maximum absolute atomic E-state index is 11.7. The van der Waals surface area contributed by atoms with Crippen molar-refractivity contribution in [2.75, 3.05) is 6.61 Å². The number of ether oxygens (including phenoxy) is 1. The summed E-state index contributed by atoms with van der Waals surface area (Å²) >= 11 is 0. The molecule has 1 N–H and O–H groups in total. The van der Waals surface area contributed by atoms with Crippen molar-refractivity contribution in [2.45, 2.75) is 13.3 Å². The fraction of sp³-hybridized carbons (Fsp3) is 0.167. The third kappa shape index (κ3) is 2.55. The van der Waals surface area contributed by atoms with E-state index in [1.165, 1.54) is 0 Å². The molecule has 0 amide bonds. The van der Waals surface area contributed by atoms with E-state index in [9.17, 15) is 9.90 Å². The second kappa shape index (κ2) is 5.44. The number of ketones is 1. The maximum atomic E-state index is 11.7. The van der Waals surface area contributed by atoms with Crippen LogP contribution in [0.4, 0.5) is 0 Å². The molecule has 0 spiro atoms. The van der Waals surface area contributed by atoms with E-state index in [2.05, 4.69) is 0 Å². The molecule has 3 heteroatoms. The molecule has 0 aliphatic carbocycles. The summed E-state index contributed by atoms with van der Waals surface area (Å²) in [5, 5.41) is 10.3. The number of hydrogen-bond donors (Lipinski definition) is 1. The molecule has 0 aromatic heterocycles. The lowest BCUT2D eigenvalue weighted by Crippen LogP contribution is -2.00. The van der Waals surface area contributed by atoms with Crippen molar-refractivity contribution < 1.29 is 14.6 Å². The fourth-order valence-electron chi connectivity index (χ4n) is 2.54. The van der Waals surface area contributed by atoms with Gasteiger partial charge in [0.15, 0.2) is 6.61 Å². The number of phenols is 1. The van der Waals surface area contributed by atoms with Gasteiger partial charge in [-0.15, -0.1) is 0 Å². The Morgan fingerprint density at radius 3 is 2.81 bits per heavy atom. The molecule has 106 valence electrons. The van der Waals surface area contributed by atoms with Gasteiger partial charge in [-0.25, -0.2) is 0 Å². The zero-order chi connectivity index (χ0) is 14.8. The number of Topliss-reactive ketones (excluding diaryl/α,β-unsaturated/α-hetero) is 1. The zero-order valence-corrected chi connectivity index (χ0v) is 11.8. The molecule has 0 saturated carbocycles. The molecule has 0 atom stereocenters. The summed E-state index contributed by atoms with van der Waals surface area (Å²) < 4.78 is 5.27. The van der Waals surface area contributed by atoms with Crippen LogP contribution in [0.5, 0.6) is 11.5 Å². The third-order valence-corrected chi connectivity index (χ3v) is 3.66. The molecule has 3 rings (SSSR count). The number of hydrogen-bond acceptors (Lipinski definition) is 3. The van der Waals surface area contributed by atoms with Crippen molar-refractivity contribution in [3.63, 3.8) is 0 Å². The van der Waals surface area contributed by atoms with Gasteiger partial charge in [0, 0.05) is 5.56 Å². The van der Waals surface area contributed by atoms with E-state index in [1.54, 1.807) is 0 Å². The summed E-state index contributed by atoms with van der Waals surface area (Å²) in [4.78, 5) is 11.7. The standard InChI is InChI=1S/C18H16O3/c1-12-10-16-17(15(19)11-21-16)18(20)14(12)9-5-8-13-6-3-2-4-7-13/h2-8,10,20H,9,11H2,1H3/b8-5+. The predicted octanol–water partition coefficient (Wildman–Crippen LogP) is 3.53. The molecule has 0 radical (unpaired) electrons. The van der Waals surface area contributed by atoms with Gasteiger partial charge in [0.05, 0.1) is 0 Å². The highest BCUT2D eigenvalue weighted by Gasteiger charge is 2.27. The monoisotopic (exact) mass is 280 g/mol. The minimum absolute atomic E-state index is 0.0195. The molecule has 2 aromatic rings. The third-order valence-electron chi connectivity index (χ3n) is 3.66. The van der Waals surface area contributed by atoms with Crippen LogP contribution in [0.3, 0.4) is 0 Å². The lowest BCUT2D eigenvalue weighted by atomic mass is 9.98. The van der Waals surface area contributed by atoms with Crippen molar-refractivity contribution in [3.05, 3.63) is 64.7 Å². The summed E-state index contributed by atoms with van der Waals surface area (Å²) in [6.45, 7) is 1.93. The first kappa shape index (κ1) is 13.4. The smallest absolute Gasteiger partial charge is 0.207 e. The molecule has 0 unspecified atom stereocenters. The zero-order valence-electron chi connectivity index (χ0n) is 11.8. The van der Waals surface area contributed by atoms with Gasteiger partial charge in [0.25, 0.3) is 0 Å². The Labute approximate surface area is 123 Å². The number of carbonyl (C=O) groups excluding carboxylic acids is 1. The van der Waals surface area contributed by atoms with Crippen molar-refractivity contribution in [3.8, 4) is 11.5 Å². The Balaban J connectivity index is 1.88. The number of aromatic hydroxyl groups is 1. The molecule has 2 aromatic carbocycles. The van der Waals surface area contributed by atoms with Crippen LogP contribution < -0.4 is 4.74 Å². The van der Waals surface area contributed by atoms with E-state index < -0.39 is 0 Å². The number of benzene rings is 2. The molecule has 0 bridgehead atoms. The quantitative estimate of drug-likeness (QED) is 0.935. The summed E-state index contributed by atoms with van der Waals surface area (Å²) in [6.07, 6.45) is 4.57. The van der Waals surface area contributed by atoms with Crippen LogP contribution >= 0.6 is 0 Å². The lowest BCUT2D eigenvalue weighted by molar-refractivity contribution is 0.0959. The Bertz CT molecular complexity index is 715. The molecule has 1 heterocycles. The van der Waals surface area contributed by atoms with Crippen LogP contribution in [0.2, 0.25) is 0 Å². The number of carbonyl (C=O) groups is 1. The second-order valence-electron chi connectivity index (χ2n) is 5.12.